The number of hydrogen-bond acceptors (Lipinski definition) is 6. The van der Waals surface area contributed by atoms with Crippen molar-refractivity contribution in [2.45, 2.75) is 12.6 Å². The molecule has 3 aromatic carbocycles. The molecular formula is C25H18ClN5O2. The molecule has 1 unspecified atom stereocenters. The number of nitrogens with one attached hydrogen (secondary N) is 1. The molecule has 3 aliphatic heterocycles. The molecule has 0 radical (unpaired) electrons. The van der Waals surface area contributed by atoms with E-state index in [2.05, 4.69) is 15.6 Å². The fourth-order valence-corrected chi connectivity index (χ4v) is 4.84. The lowest BCUT2D eigenvalue weighted by Gasteiger charge is -2.44. The number of carbonyl (C=O) groups is 1. The number of amides is 1. The Morgan fingerprint density at radius 1 is 1.00 bits per heavy atom. The minimum Gasteiger partial charge on any atom is -0.362 e. The van der Waals surface area contributed by atoms with Crippen molar-refractivity contribution in [3.63, 3.8) is 0 Å². The lowest BCUT2D eigenvalue weighted by atomic mass is 9.84. The van der Waals surface area contributed by atoms with E-state index < -0.39 is 11.6 Å². The van der Waals surface area contributed by atoms with Crippen LogP contribution in [0, 0.1) is 0 Å². The highest BCUT2D eigenvalue weighted by Crippen LogP contribution is 2.52. The lowest BCUT2D eigenvalue weighted by molar-refractivity contribution is -0.118. The van der Waals surface area contributed by atoms with Gasteiger partial charge < -0.3 is 5.11 Å². The Labute approximate surface area is 194 Å². The summed E-state index contributed by atoms with van der Waals surface area (Å²) in [6.07, 6.45) is 0. The fraction of sp³-hybridized carbons (Fsp3) is 0.0800. The van der Waals surface area contributed by atoms with Gasteiger partial charge in [-0.25, -0.2) is 10.4 Å². The van der Waals surface area contributed by atoms with Crippen molar-refractivity contribution in [1.82, 2.24) is 5.43 Å². The molecule has 0 saturated carbocycles. The number of halogens is 1. The molecule has 3 aliphatic rings. The second kappa shape index (κ2) is 7.03. The maximum atomic E-state index is 13.2. The van der Waals surface area contributed by atoms with E-state index in [-0.39, 0.29) is 5.70 Å². The molecule has 0 saturated heterocycles. The Bertz CT molecular complexity index is 1400. The molecular weight excluding hydrogens is 438 g/mol. The highest BCUT2D eigenvalue weighted by atomic mass is 35.5. The lowest BCUT2D eigenvalue weighted by Crippen LogP contribution is -2.54. The Morgan fingerprint density at radius 3 is 2.42 bits per heavy atom. The molecule has 162 valence electrons. The van der Waals surface area contributed by atoms with Crippen LogP contribution in [0.3, 0.4) is 0 Å². The first-order chi connectivity index (χ1) is 16.0. The number of fused-ring (bicyclic) bond motifs is 5. The molecule has 2 N–H and O–H groups in total. The van der Waals surface area contributed by atoms with Crippen molar-refractivity contribution in [3.05, 3.63) is 106 Å². The molecule has 0 fully saturated rings. The number of hydrogen-bond donors (Lipinski definition) is 2. The van der Waals surface area contributed by atoms with Gasteiger partial charge in [-0.05, 0) is 37.3 Å². The van der Waals surface area contributed by atoms with Crippen LogP contribution in [0.15, 0.2) is 100 Å². The van der Waals surface area contributed by atoms with Crippen molar-refractivity contribution in [2.24, 2.45) is 10.2 Å². The second-order valence-corrected chi connectivity index (χ2v) is 8.40. The van der Waals surface area contributed by atoms with E-state index in [4.69, 9.17) is 11.6 Å². The van der Waals surface area contributed by atoms with Gasteiger partial charge in [0.1, 0.15) is 5.70 Å². The van der Waals surface area contributed by atoms with Crippen LogP contribution in [-0.2, 0) is 10.5 Å². The van der Waals surface area contributed by atoms with E-state index in [0.29, 0.717) is 39.1 Å². The topological polar surface area (TPSA) is 80.5 Å². The largest absolute Gasteiger partial charge is 0.362 e. The third-order valence-electron chi connectivity index (χ3n) is 6.03. The summed E-state index contributed by atoms with van der Waals surface area (Å²) in [5.74, 6) is 0.113. The number of para-hydroxylation sites is 1. The average Bonchev–Trinajstić information content (AvgIpc) is 3.12. The van der Waals surface area contributed by atoms with Crippen molar-refractivity contribution >= 4 is 40.4 Å². The van der Waals surface area contributed by atoms with Gasteiger partial charge in [-0.3, -0.25) is 9.69 Å². The highest BCUT2D eigenvalue weighted by molar-refractivity contribution is 6.31. The number of anilines is 2. The predicted octanol–water partition coefficient (Wildman–Crippen LogP) is 3.95. The number of carbonyl (C=O) groups excluding carboxylic acids is 1. The molecule has 8 heteroatoms. The summed E-state index contributed by atoms with van der Waals surface area (Å²) in [4.78, 5) is 15.0. The number of nitrogens with zero attached hydrogens (tertiary/aromatic N) is 4. The van der Waals surface area contributed by atoms with E-state index in [0.717, 1.165) is 5.56 Å². The summed E-state index contributed by atoms with van der Waals surface area (Å²) >= 11 is 6.41. The first kappa shape index (κ1) is 19.7. The Morgan fingerprint density at radius 2 is 1.70 bits per heavy atom. The minimum atomic E-state index is -1.73. The first-order valence-electron chi connectivity index (χ1n) is 10.4. The van der Waals surface area contributed by atoms with Crippen LogP contribution in [0.5, 0.6) is 0 Å². The molecule has 1 atom stereocenters. The monoisotopic (exact) mass is 455 g/mol. The van der Waals surface area contributed by atoms with Crippen molar-refractivity contribution < 1.29 is 9.90 Å². The van der Waals surface area contributed by atoms with Crippen LogP contribution < -0.4 is 15.3 Å². The van der Waals surface area contributed by atoms with Gasteiger partial charge in [0.15, 0.2) is 5.84 Å². The number of benzene rings is 3. The molecule has 0 aromatic heterocycles. The zero-order valence-electron chi connectivity index (χ0n) is 17.5. The third-order valence-corrected chi connectivity index (χ3v) is 6.26. The second-order valence-electron chi connectivity index (χ2n) is 7.97. The first-order valence-corrected chi connectivity index (χ1v) is 10.8. The standard InChI is InChI=1S/C25H18ClN5O2/c1-15-21-22-24(32)28-27-23(16-8-4-2-5-9-16)30(22)20-13-12-17(26)14-19(20)25(21,33)31(29-15)18-10-6-3-7-11-18/h2-14,33H,1H3,(H,28,32). The number of hydrazone groups is 2. The summed E-state index contributed by atoms with van der Waals surface area (Å²) in [7, 11) is 0. The van der Waals surface area contributed by atoms with E-state index in [9.17, 15) is 9.90 Å². The Kier molecular flexibility index (Phi) is 4.20. The van der Waals surface area contributed by atoms with E-state index >= 15 is 0 Å². The Balaban J connectivity index is 1.67. The zero-order chi connectivity index (χ0) is 22.7. The van der Waals surface area contributed by atoms with Crippen molar-refractivity contribution in [3.8, 4) is 0 Å². The van der Waals surface area contributed by atoms with Crippen LogP contribution in [0.25, 0.3) is 0 Å². The summed E-state index contributed by atoms with van der Waals surface area (Å²) in [5, 5.41) is 23.4. The van der Waals surface area contributed by atoms with Gasteiger partial charge in [0.2, 0.25) is 5.72 Å². The van der Waals surface area contributed by atoms with Crippen molar-refractivity contribution in [2.75, 3.05) is 9.91 Å². The molecule has 0 spiro atoms. The van der Waals surface area contributed by atoms with Crippen LogP contribution in [0.1, 0.15) is 18.1 Å². The number of amidine groups is 1. The van der Waals surface area contributed by atoms with Crippen LogP contribution in [0.2, 0.25) is 5.02 Å². The van der Waals surface area contributed by atoms with Crippen molar-refractivity contribution in [1.29, 1.82) is 0 Å². The highest BCUT2D eigenvalue weighted by Gasteiger charge is 2.56. The average molecular weight is 456 g/mol. The summed E-state index contributed by atoms with van der Waals surface area (Å²) in [6, 6.07) is 24.2. The number of rotatable bonds is 2. The maximum Gasteiger partial charge on any atom is 0.289 e. The van der Waals surface area contributed by atoms with Gasteiger partial charge in [-0.2, -0.15) is 10.2 Å². The fourth-order valence-electron chi connectivity index (χ4n) is 4.67. The van der Waals surface area contributed by atoms with Gasteiger partial charge >= 0.3 is 0 Å². The predicted molar refractivity (Wildman–Crippen MR) is 128 cm³/mol. The van der Waals surface area contributed by atoms with E-state index in [1.54, 1.807) is 35.0 Å². The summed E-state index contributed by atoms with van der Waals surface area (Å²) < 4.78 is 0. The SMILES string of the molecule is CC1=NN(c2ccccc2)C2(O)C1=C1C(=O)NN=C(c3ccccc3)N1c1ccc(Cl)cc12. The summed E-state index contributed by atoms with van der Waals surface area (Å²) in [5.41, 5.74) is 4.69. The number of aliphatic hydroxyl groups is 1. The van der Waals surface area contributed by atoms with Gasteiger partial charge in [-0.15, -0.1) is 0 Å². The molecule has 0 bridgehead atoms. The van der Waals surface area contributed by atoms with Gasteiger partial charge in [-0.1, -0.05) is 60.1 Å². The van der Waals surface area contributed by atoms with E-state index in [1.165, 1.54) is 0 Å². The summed E-state index contributed by atoms with van der Waals surface area (Å²) in [6.45, 7) is 1.78. The molecule has 7 nitrogen and oxygen atoms in total. The Hall–Kier alpha value is -3.94. The molecule has 6 rings (SSSR count). The van der Waals surface area contributed by atoms with E-state index in [1.807, 2.05) is 60.7 Å². The normalized spacial score (nSPS) is 21.1. The van der Waals surface area contributed by atoms with Gasteiger partial charge in [0, 0.05) is 16.1 Å². The zero-order valence-corrected chi connectivity index (χ0v) is 18.3. The van der Waals surface area contributed by atoms with Gasteiger partial charge in [0.25, 0.3) is 5.91 Å². The van der Waals surface area contributed by atoms with Crippen LogP contribution in [-0.4, -0.2) is 22.6 Å². The molecule has 1 amide bonds. The molecule has 0 aliphatic carbocycles. The maximum absolute atomic E-state index is 13.2. The van der Waals surface area contributed by atoms with Gasteiger partial charge in [0.05, 0.1) is 22.7 Å². The van der Waals surface area contributed by atoms with Crippen LogP contribution >= 0.6 is 11.6 Å². The minimum absolute atomic E-state index is 0.279. The molecule has 33 heavy (non-hydrogen) atoms. The van der Waals surface area contributed by atoms with Crippen LogP contribution in [0.4, 0.5) is 11.4 Å². The molecule has 3 heterocycles. The third kappa shape index (κ3) is 2.70. The molecule has 3 aromatic rings. The smallest absolute Gasteiger partial charge is 0.289 e. The quantitative estimate of drug-likeness (QED) is 0.613.